The number of anilines is 1. The molecule has 3 N–H and O–H groups in total. The second kappa shape index (κ2) is 15.7. The van der Waals surface area contributed by atoms with Gasteiger partial charge in [0.25, 0.3) is 0 Å². The fraction of sp³-hybridized carbons (Fsp3) is 0.489. The van der Waals surface area contributed by atoms with Crippen LogP contribution in [0, 0.1) is 23.7 Å². The van der Waals surface area contributed by atoms with Crippen molar-refractivity contribution in [3.8, 4) is 11.1 Å². The Labute approximate surface area is 324 Å². The molecule has 6 fully saturated rings. The van der Waals surface area contributed by atoms with E-state index < -0.39 is 6.29 Å². The van der Waals surface area contributed by atoms with E-state index in [9.17, 15) is 9.90 Å². The van der Waals surface area contributed by atoms with Gasteiger partial charge < -0.3 is 30.1 Å². The Morgan fingerprint density at radius 3 is 2.16 bits per heavy atom. The number of hydrogen-bond acceptors (Lipinski definition) is 8. The molecule has 3 aromatic carbocycles. The van der Waals surface area contributed by atoms with Gasteiger partial charge in [-0.25, -0.2) is 14.8 Å². The number of nitrogens with one attached hydrogen (secondary N) is 2. The van der Waals surface area contributed by atoms with Gasteiger partial charge in [0.1, 0.15) is 0 Å². The molecule has 10 rings (SSSR count). The summed E-state index contributed by atoms with van der Waals surface area (Å²) in [5.41, 5.74) is 6.14. The monoisotopic (exact) mass is 742 g/mol. The molecule has 4 saturated carbocycles. The number of rotatable bonds is 10. The van der Waals surface area contributed by atoms with Gasteiger partial charge in [-0.1, -0.05) is 67.6 Å². The van der Waals surface area contributed by atoms with Crippen LogP contribution < -0.4 is 15.5 Å². The van der Waals surface area contributed by atoms with Gasteiger partial charge in [0.2, 0.25) is 5.95 Å². The number of hydrogen-bond donors (Lipinski definition) is 3. The molecule has 0 spiro atoms. The number of benzene rings is 3. The normalized spacial score (nSPS) is 30.3. The number of amides is 2. The fourth-order valence-corrected chi connectivity index (χ4v) is 10.6. The Morgan fingerprint density at radius 1 is 0.800 bits per heavy atom. The molecule has 1 aromatic heterocycles. The van der Waals surface area contributed by atoms with E-state index in [1.54, 1.807) is 12.4 Å². The average Bonchev–Trinajstić information content (AvgIpc) is 3.21. The van der Waals surface area contributed by atoms with Crippen molar-refractivity contribution in [3.63, 3.8) is 0 Å². The first kappa shape index (κ1) is 36.3. The van der Waals surface area contributed by atoms with Crippen molar-refractivity contribution in [2.24, 2.45) is 23.7 Å². The topological polar surface area (TPSA) is 112 Å². The highest BCUT2D eigenvalue weighted by atomic mass is 16.7. The van der Waals surface area contributed by atoms with E-state index in [-0.39, 0.29) is 36.3 Å². The Kier molecular flexibility index (Phi) is 10.3. The van der Waals surface area contributed by atoms with Crippen LogP contribution in [0.2, 0.25) is 0 Å². The van der Waals surface area contributed by atoms with Crippen LogP contribution >= 0.6 is 0 Å². The number of aliphatic hydroxyl groups is 1. The lowest BCUT2D eigenvalue weighted by atomic mass is 9.53. The van der Waals surface area contributed by atoms with Gasteiger partial charge in [0.05, 0.1) is 18.8 Å². The van der Waals surface area contributed by atoms with Crippen molar-refractivity contribution in [2.45, 2.75) is 82.6 Å². The van der Waals surface area contributed by atoms with Crippen molar-refractivity contribution in [2.75, 3.05) is 37.6 Å². The molecule has 0 unspecified atom stereocenters. The molecule has 4 aromatic rings. The van der Waals surface area contributed by atoms with E-state index in [1.165, 1.54) is 19.3 Å². The number of urea groups is 1. The van der Waals surface area contributed by atoms with Crippen LogP contribution in [0.15, 0.2) is 91.3 Å². The van der Waals surface area contributed by atoms with Gasteiger partial charge in [-0.15, -0.1) is 0 Å². The summed E-state index contributed by atoms with van der Waals surface area (Å²) in [6.45, 7) is 7.02. The highest BCUT2D eigenvalue weighted by Crippen LogP contribution is 2.55. The van der Waals surface area contributed by atoms with Crippen molar-refractivity contribution >= 4 is 12.0 Å². The summed E-state index contributed by atoms with van der Waals surface area (Å²) in [6.07, 6.45) is 10.3. The minimum absolute atomic E-state index is 0.00412. The van der Waals surface area contributed by atoms with E-state index in [1.807, 2.05) is 18.2 Å². The predicted molar refractivity (Wildman–Crippen MR) is 212 cm³/mol. The molecule has 6 aliphatic rings. The number of carbonyl (C=O) groups excluding carboxylic acids is 1. The summed E-state index contributed by atoms with van der Waals surface area (Å²) in [7, 11) is 0. The lowest BCUT2D eigenvalue weighted by molar-refractivity contribution is -0.276. The standard InChI is InChI=1S/C45H54N6O4/c1-30-40(28-50-15-17-51(18-16-50)43-46-13-4-14-47-43)54-42(55-41(30)36-11-9-31(29-52)10-12-36)39-8-3-7-38(23-39)37-6-2-5-32(22-37)27-48-44(53)49-45-24-33-19-34(25-45)21-35(20-33)26-45/h2-14,22-23,30,33-35,40-42,52H,15-21,24-29H2,1H3,(H2,48,49,53)/t30-,33?,34?,35?,40+,41+,42+,45?/m0/s1. The van der Waals surface area contributed by atoms with Crippen LogP contribution in [0.25, 0.3) is 11.1 Å². The Bertz CT molecular complexity index is 1900. The maximum Gasteiger partial charge on any atom is 0.315 e. The minimum atomic E-state index is -0.555. The van der Waals surface area contributed by atoms with E-state index in [4.69, 9.17) is 9.47 Å². The average molecular weight is 743 g/mol. The quantitative estimate of drug-likeness (QED) is 0.159. The van der Waals surface area contributed by atoms with Gasteiger partial charge in [-0.2, -0.15) is 0 Å². The third-order valence-electron chi connectivity index (χ3n) is 13.1. The van der Waals surface area contributed by atoms with E-state index >= 15 is 0 Å². The molecular formula is C45H54N6O4. The van der Waals surface area contributed by atoms with Crippen molar-refractivity contribution in [1.82, 2.24) is 25.5 Å². The summed E-state index contributed by atoms with van der Waals surface area (Å²) in [4.78, 5) is 26.9. The zero-order valence-corrected chi connectivity index (χ0v) is 31.9. The summed E-state index contributed by atoms with van der Waals surface area (Å²) >= 11 is 0. The van der Waals surface area contributed by atoms with Gasteiger partial charge >= 0.3 is 6.03 Å². The molecule has 0 radical (unpaired) electrons. The van der Waals surface area contributed by atoms with Crippen LogP contribution in [0.1, 0.15) is 80.1 Å². The van der Waals surface area contributed by atoms with Gasteiger partial charge in [-0.3, -0.25) is 4.90 Å². The largest absolute Gasteiger partial charge is 0.392 e. The first-order valence-corrected chi connectivity index (χ1v) is 20.4. The molecular weight excluding hydrogens is 689 g/mol. The minimum Gasteiger partial charge on any atom is -0.392 e. The molecule has 4 bridgehead atoms. The van der Waals surface area contributed by atoms with Crippen LogP contribution in [-0.4, -0.2) is 70.4 Å². The van der Waals surface area contributed by atoms with Gasteiger partial charge in [0, 0.05) is 68.7 Å². The van der Waals surface area contributed by atoms with Crippen molar-refractivity contribution < 1.29 is 19.4 Å². The third kappa shape index (κ3) is 8.01. The molecule has 2 amide bonds. The molecule has 4 aliphatic carbocycles. The lowest BCUT2D eigenvalue weighted by Gasteiger charge is -2.56. The Morgan fingerprint density at radius 2 is 1.47 bits per heavy atom. The first-order valence-electron chi connectivity index (χ1n) is 20.4. The second-order valence-corrected chi connectivity index (χ2v) is 17.0. The smallest absolute Gasteiger partial charge is 0.315 e. The van der Waals surface area contributed by atoms with Crippen molar-refractivity contribution in [3.05, 3.63) is 114 Å². The SMILES string of the molecule is C[C@H]1[C@@H](CN2CCN(c3ncccn3)CC2)O[C@@H](c2cccc(-c3cccc(CNC(=O)NC45CC6CC(CC(C6)C4)C5)c3)c2)O[C@H]1c1ccc(CO)cc1. The zero-order valence-electron chi connectivity index (χ0n) is 31.9. The maximum atomic E-state index is 13.2. The Hall–Kier alpha value is -4.35. The van der Waals surface area contributed by atoms with Gasteiger partial charge in [-0.05, 0) is 102 Å². The molecule has 10 nitrogen and oxygen atoms in total. The van der Waals surface area contributed by atoms with E-state index in [0.29, 0.717) is 6.54 Å². The lowest BCUT2D eigenvalue weighted by Crippen LogP contribution is -2.61. The summed E-state index contributed by atoms with van der Waals surface area (Å²) in [5, 5.41) is 16.3. The fourth-order valence-electron chi connectivity index (χ4n) is 10.6. The van der Waals surface area contributed by atoms with Gasteiger partial charge in [0.15, 0.2) is 6.29 Å². The summed E-state index contributed by atoms with van der Waals surface area (Å²) in [6, 6.07) is 26.8. The second-order valence-electron chi connectivity index (χ2n) is 17.0. The van der Waals surface area contributed by atoms with Crippen molar-refractivity contribution in [1.29, 1.82) is 0 Å². The zero-order chi connectivity index (χ0) is 37.4. The molecule has 288 valence electrons. The molecule has 3 heterocycles. The number of carbonyl (C=O) groups is 1. The highest BCUT2D eigenvalue weighted by molar-refractivity contribution is 5.75. The van der Waals surface area contributed by atoms with Crippen LogP contribution in [-0.2, 0) is 22.6 Å². The first-order chi connectivity index (χ1) is 26.9. The molecule has 2 aliphatic heterocycles. The highest BCUT2D eigenvalue weighted by Gasteiger charge is 2.51. The van der Waals surface area contributed by atoms with E-state index in [0.717, 1.165) is 109 Å². The number of aliphatic hydroxyl groups excluding tert-OH is 1. The summed E-state index contributed by atoms with van der Waals surface area (Å²) in [5.74, 6) is 3.25. The number of aromatic nitrogens is 2. The number of ether oxygens (including phenoxy) is 2. The number of nitrogens with zero attached hydrogens (tertiary/aromatic N) is 4. The molecule has 10 heteroatoms. The summed E-state index contributed by atoms with van der Waals surface area (Å²) < 4.78 is 13.7. The maximum absolute atomic E-state index is 13.2. The van der Waals surface area contributed by atoms with Crippen LogP contribution in [0.5, 0.6) is 0 Å². The third-order valence-corrected chi connectivity index (χ3v) is 13.1. The van der Waals surface area contributed by atoms with E-state index in [2.05, 4.69) is 98.0 Å². The van der Waals surface area contributed by atoms with Crippen LogP contribution in [0.4, 0.5) is 10.7 Å². The molecule has 55 heavy (non-hydrogen) atoms. The molecule has 4 atom stereocenters. The number of piperazine rings is 1. The predicted octanol–water partition coefficient (Wildman–Crippen LogP) is 7.02. The molecule has 2 saturated heterocycles. The Balaban J connectivity index is 0.885. The van der Waals surface area contributed by atoms with Crippen LogP contribution in [0.3, 0.4) is 0 Å².